The first kappa shape index (κ1) is 20.2. The van der Waals surface area contributed by atoms with Crippen molar-refractivity contribution in [1.82, 2.24) is 10.2 Å². The van der Waals surface area contributed by atoms with Crippen molar-refractivity contribution in [3.63, 3.8) is 0 Å². The Kier molecular flexibility index (Phi) is 6.00. The van der Waals surface area contributed by atoms with Crippen LogP contribution in [0, 0.1) is 0 Å². The predicted molar refractivity (Wildman–Crippen MR) is 121 cm³/mol. The number of ether oxygens (including phenoxy) is 1. The number of nitrogens with zero attached hydrogens (tertiary/aromatic N) is 2. The highest BCUT2D eigenvalue weighted by Gasteiger charge is 2.13. The van der Waals surface area contributed by atoms with E-state index < -0.39 is 0 Å². The molecule has 0 fully saturated rings. The van der Waals surface area contributed by atoms with Gasteiger partial charge >= 0.3 is 0 Å². The summed E-state index contributed by atoms with van der Waals surface area (Å²) in [4.78, 5) is 25.1. The third kappa shape index (κ3) is 4.93. The maximum absolute atomic E-state index is 12.6. The Morgan fingerprint density at radius 1 is 0.806 bits per heavy atom. The van der Waals surface area contributed by atoms with Crippen molar-refractivity contribution < 1.29 is 14.3 Å². The standard InChI is InChI=1S/C23H18N4O3S/c1-30-19-12-10-15(11-13-19)20(28)24-18-9-5-8-17(14-18)21(29)25-23-27-26-22(31-23)16-6-3-2-4-7-16/h2-14H,1H3,(H,24,28)(H,25,27,29). The number of benzene rings is 3. The average molecular weight is 430 g/mol. The summed E-state index contributed by atoms with van der Waals surface area (Å²) in [5.41, 5.74) is 2.32. The Morgan fingerprint density at radius 2 is 1.55 bits per heavy atom. The summed E-state index contributed by atoms with van der Waals surface area (Å²) in [6.45, 7) is 0. The Hall–Kier alpha value is -4.04. The van der Waals surface area contributed by atoms with Crippen LogP contribution >= 0.6 is 11.3 Å². The van der Waals surface area contributed by atoms with Crippen LogP contribution in [0.2, 0.25) is 0 Å². The molecule has 0 saturated carbocycles. The van der Waals surface area contributed by atoms with Crippen LogP contribution in [-0.4, -0.2) is 29.1 Å². The van der Waals surface area contributed by atoms with Gasteiger partial charge in [-0.1, -0.05) is 47.7 Å². The second-order valence-corrected chi connectivity index (χ2v) is 7.47. The summed E-state index contributed by atoms with van der Waals surface area (Å²) in [6, 6.07) is 23.1. The quantitative estimate of drug-likeness (QED) is 0.462. The molecular weight excluding hydrogens is 412 g/mol. The molecular formula is C23H18N4O3S. The fourth-order valence-corrected chi connectivity index (χ4v) is 3.57. The second kappa shape index (κ2) is 9.19. The van der Waals surface area contributed by atoms with E-state index in [1.54, 1.807) is 55.6 Å². The fourth-order valence-electron chi connectivity index (χ4n) is 2.82. The summed E-state index contributed by atoms with van der Waals surface area (Å²) < 4.78 is 5.10. The van der Waals surface area contributed by atoms with Crippen LogP contribution in [0.4, 0.5) is 10.8 Å². The van der Waals surface area contributed by atoms with Crippen molar-refractivity contribution in [3.05, 3.63) is 90.0 Å². The van der Waals surface area contributed by atoms with Gasteiger partial charge in [-0.05, 0) is 42.5 Å². The number of rotatable bonds is 6. The molecule has 154 valence electrons. The summed E-state index contributed by atoms with van der Waals surface area (Å²) in [6.07, 6.45) is 0. The van der Waals surface area contributed by atoms with Crippen LogP contribution in [0.3, 0.4) is 0 Å². The largest absolute Gasteiger partial charge is 0.497 e. The van der Waals surface area contributed by atoms with Crippen LogP contribution in [0.25, 0.3) is 10.6 Å². The number of amides is 2. The maximum atomic E-state index is 12.6. The molecule has 2 N–H and O–H groups in total. The van der Waals surface area contributed by atoms with Gasteiger partial charge in [0.25, 0.3) is 11.8 Å². The number of hydrogen-bond donors (Lipinski definition) is 2. The van der Waals surface area contributed by atoms with Gasteiger partial charge in [-0.25, -0.2) is 0 Å². The number of anilines is 2. The van der Waals surface area contributed by atoms with Gasteiger partial charge in [0.05, 0.1) is 7.11 Å². The van der Waals surface area contributed by atoms with E-state index in [4.69, 9.17) is 4.74 Å². The molecule has 2 amide bonds. The summed E-state index contributed by atoms with van der Waals surface area (Å²) in [7, 11) is 1.57. The molecule has 1 heterocycles. The van der Waals surface area contributed by atoms with E-state index in [1.165, 1.54) is 11.3 Å². The van der Waals surface area contributed by atoms with E-state index in [1.807, 2.05) is 30.3 Å². The Labute approximate surface area is 182 Å². The molecule has 0 radical (unpaired) electrons. The lowest BCUT2D eigenvalue weighted by Crippen LogP contribution is -2.14. The molecule has 4 rings (SSSR count). The van der Waals surface area contributed by atoms with Crippen molar-refractivity contribution in [1.29, 1.82) is 0 Å². The van der Waals surface area contributed by atoms with Gasteiger partial charge in [0.15, 0.2) is 0 Å². The molecule has 7 nitrogen and oxygen atoms in total. The lowest BCUT2D eigenvalue weighted by atomic mass is 10.1. The number of carbonyl (C=O) groups excluding carboxylic acids is 2. The van der Waals surface area contributed by atoms with Crippen molar-refractivity contribution in [2.24, 2.45) is 0 Å². The second-order valence-electron chi connectivity index (χ2n) is 6.50. The number of hydrogen-bond acceptors (Lipinski definition) is 6. The van der Waals surface area contributed by atoms with Crippen LogP contribution in [0.15, 0.2) is 78.9 Å². The molecule has 8 heteroatoms. The van der Waals surface area contributed by atoms with Crippen LogP contribution in [0.5, 0.6) is 5.75 Å². The lowest BCUT2D eigenvalue weighted by Gasteiger charge is -2.08. The van der Waals surface area contributed by atoms with Crippen LogP contribution in [0.1, 0.15) is 20.7 Å². The van der Waals surface area contributed by atoms with Crippen LogP contribution < -0.4 is 15.4 Å². The molecule has 0 aliphatic carbocycles. The van der Waals surface area contributed by atoms with Gasteiger partial charge in [0.1, 0.15) is 10.8 Å². The number of aromatic nitrogens is 2. The highest BCUT2D eigenvalue weighted by Crippen LogP contribution is 2.26. The third-order valence-electron chi connectivity index (χ3n) is 4.40. The maximum Gasteiger partial charge on any atom is 0.257 e. The van der Waals surface area contributed by atoms with Gasteiger partial charge in [0.2, 0.25) is 5.13 Å². The van der Waals surface area contributed by atoms with E-state index in [0.29, 0.717) is 27.7 Å². The summed E-state index contributed by atoms with van der Waals surface area (Å²) in [5, 5.41) is 14.8. The normalized spacial score (nSPS) is 10.4. The van der Waals surface area contributed by atoms with Gasteiger partial charge < -0.3 is 10.1 Å². The van der Waals surface area contributed by atoms with Crippen molar-refractivity contribution >= 4 is 34.0 Å². The minimum absolute atomic E-state index is 0.281. The molecule has 3 aromatic carbocycles. The van der Waals surface area contributed by atoms with E-state index in [-0.39, 0.29) is 11.8 Å². The topological polar surface area (TPSA) is 93.2 Å². The number of methoxy groups -OCH3 is 1. The summed E-state index contributed by atoms with van der Waals surface area (Å²) in [5.74, 6) is 0.0514. The Bertz CT molecular complexity index is 1210. The highest BCUT2D eigenvalue weighted by molar-refractivity contribution is 7.18. The predicted octanol–water partition coefficient (Wildman–Crippen LogP) is 4.72. The van der Waals surface area contributed by atoms with Gasteiger partial charge in [-0.2, -0.15) is 0 Å². The molecule has 0 atom stereocenters. The minimum Gasteiger partial charge on any atom is -0.497 e. The van der Waals surface area contributed by atoms with E-state index >= 15 is 0 Å². The lowest BCUT2D eigenvalue weighted by molar-refractivity contribution is 0.101. The van der Waals surface area contributed by atoms with E-state index in [0.717, 1.165) is 10.6 Å². The number of nitrogens with one attached hydrogen (secondary N) is 2. The molecule has 4 aromatic rings. The molecule has 31 heavy (non-hydrogen) atoms. The summed E-state index contributed by atoms with van der Waals surface area (Å²) >= 11 is 1.29. The zero-order chi connectivity index (χ0) is 21.6. The molecule has 0 aliphatic heterocycles. The van der Waals surface area contributed by atoms with E-state index in [2.05, 4.69) is 20.8 Å². The Morgan fingerprint density at radius 3 is 2.29 bits per heavy atom. The average Bonchev–Trinajstić information content (AvgIpc) is 3.28. The zero-order valence-electron chi connectivity index (χ0n) is 16.5. The van der Waals surface area contributed by atoms with Crippen molar-refractivity contribution in [2.75, 3.05) is 17.7 Å². The third-order valence-corrected chi connectivity index (χ3v) is 5.29. The fraction of sp³-hybridized carbons (Fsp3) is 0.0435. The minimum atomic E-state index is -0.337. The zero-order valence-corrected chi connectivity index (χ0v) is 17.3. The van der Waals surface area contributed by atoms with Gasteiger partial charge in [-0.3, -0.25) is 14.9 Å². The molecule has 0 bridgehead atoms. The smallest absolute Gasteiger partial charge is 0.257 e. The molecule has 0 spiro atoms. The highest BCUT2D eigenvalue weighted by atomic mass is 32.1. The molecule has 0 saturated heterocycles. The number of carbonyl (C=O) groups is 2. The van der Waals surface area contributed by atoms with E-state index in [9.17, 15) is 9.59 Å². The van der Waals surface area contributed by atoms with Crippen molar-refractivity contribution in [2.45, 2.75) is 0 Å². The van der Waals surface area contributed by atoms with Gasteiger partial charge in [-0.15, -0.1) is 10.2 Å². The first-order valence-corrected chi connectivity index (χ1v) is 10.2. The molecule has 1 aromatic heterocycles. The molecule has 0 aliphatic rings. The SMILES string of the molecule is COc1ccc(C(=O)Nc2cccc(C(=O)Nc3nnc(-c4ccccc4)s3)c2)cc1. The monoisotopic (exact) mass is 430 g/mol. The first-order chi connectivity index (χ1) is 15.1. The Balaban J connectivity index is 1.43. The first-order valence-electron chi connectivity index (χ1n) is 9.38. The van der Waals surface area contributed by atoms with Crippen molar-refractivity contribution in [3.8, 4) is 16.3 Å². The molecule has 0 unspecified atom stereocenters. The van der Waals surface area contributed by atoms with Crippen LogP contribution in [-0.2, 0) is 0 Å². The van der Waals surface area contributed by atoms with Gasteiger partial charge in [0, 0.05) is 22.4 Å².